The largest absolute Gasteiger partial charge is 0.507 e. The lowest BCUT2D eigenvalue weighted by atomic mass is 10.0. The number of nitrogens with zero attached hydrogens (tertiary/aromatic N) is 6. The first-order valence-electron chi connectivity index (χ1n) is 20.4. The van der Waals surface area contributed by atoms with Crippen molar-refractivity contribution in [1.29, 1.82) is 5.26 Å². The van der Waals surface area contributed by atoms with E-state index in [-0.39, 0.29) is 34.2 Å². The summed E-state index contributed by atoms with van der Waals surface area (Å²) in [5, 5.41) is 39.8. The van der Waals surface area contributed by atoms with Gasteiger partial charge in [-0.05, 0) is 122 Å². The van der Waals surface area contributed by atoms with E-state index in [1.807, 2.05) is 42.5 Å². The Hall–Kier alpha value is -9.63. The number of aromatic hydroxyl groups is 2. The summed E-state index contributed by atoms with van der Waals surface area (Å²) in [6.07, 6.45) is 3.32. The van der Waals surface area contributed by atoms with Crippen molar-refractivity contribution in [2.45, 2.75) is 13.8 Å². The molecule has 4 heterocycles. The van der Waals surface area contributed by atoms with Gasteiger partial charge in [0.1, 0.15) is 28.8 Å². The van der Waals surface area contributed by atoms with Crippen LogP contribution in [0, 0.1) is 28.4 Å². The zero-order chi connectivity index (χ0) is 48.6. The Morgan fingerprint density at radius 3 is 1.66 bits per heavy atom. The predicted molar refractivity (Wildman–Crippen MR) is 254 cm³/mol. The molecular formula is C50H41N9O9. The van der Waals surface area contributed by atoms with Crippen LogP contribution < -0.4 is 15.2 Å². The molecule has 0 saturated heterocycles. The van der Waals surface area contributed by atoms with Crippen molar-refractivity contribution < 1.29 is 38.9 Å². The number of nitro groups is 1. The first-order valence-corrected chi connectivity index (χ1v) is 20.4. The smallest absolute Gasteiger partial charge is 0.337 e. The molecule has 5 aromatic carbocycles. The molecule has 0 atom stereocenters. The number of nitrogens with one attached hydrogen (secondary N) is 2. The molecule has 0 fully saturated rings. The highest BCUT2D eigenvalue weighted by molar-refractivity contribution is 5.98. The van der Waals surface area contributed by atoms with Gasteiger partial charge in [0.15, 0.2) is 5.78 Å². The fraction of sp³-hybridized carbons (Fsp3) is 0.100. The number of carbonyl (C=O) groups excluding carboxylic acids is 2. The number of nitriles is 1. The summed E-state index contributed by atoms with van der Waals surface area (Å²) in [5.74, 6) is 1.75. The van der Waals surface area contributed by atoms with Crippen molar-refractivity contribution >= 4 is 45.2 Å². The van der Waals surface area contributed by atoms with Gasteiger partial charge in [0.25, 0.3) is 5.69 Å². The van der Waals surface area contributed by atoms with Crippen LogP contribution in [0.3, 0.4) is 0 Å². The average Bonchev–Trinajstić information content (AvgIpc) is 3.99. The summed E-state index contributed by atoms with van der Waals surface area (Å²) in [6, 6.07) is 32.7. The van der Waals surface area contributed by atoms with Crippen LogP contribution in [0.15, 0.2) is 122 Å². The summed E-state index contributed by atoms with van der Waals surface area (Å²) < 4.78 is 15.4. The fourth-order valence-electron chi connectivity index (χ4n) is 7.07. The molecule has 0 aliphatic rings. The summed E-state index contributed by atoms with van der Waals surface area (Å²) in [4.78, 5) is 57.0. The number of anilines is 1. The topological polar surface area (TPSA) is 278 Å². The number of H-pyrrole nitrogens is 2. The molecule has 9 aromatic rings. The zero-order valence-electron chi connectivity index (χ0n) is 37.1. The number of carbonyl (C=O) groups is 2. The third kappa shape index (κ3) is 9.86. The number of nitrogens with two attached hydrogens (primary N) is 1. The SMILES string of the molecule is COC(=O)c1ccc2nc(-c3cc(-c4cccnc4OC)ccc3O)[nH]c2c1.COc1ncccc1-c1ccc(O)c(-c2nc3ccc(C(C)=O)cc3[nH]2)c1.Cc1cc(C#N)cc([N+](=O)[O-])c1N. The van der Waals surface area contributed by atoms with Gasteiger partial charge in [0.05, 0.1) is 76.6 Å². The van der Waals surface area contributed by atoms with Crippen molar-refractivity contribution in [2.24, 2.45) is 0 Å². The monoisotopic (exact) mass is 911 g/mol. The van der Waals surface area contributed by atoms with Crippen LogP contribution >= 0.6 is 0 Å². The van der Waals surface area contributed by atoms with Crippen molar-refractivity contribution in [3.8, 4) is 74.4 Å². The van der Waals surface area contributed by atoms with Crippen LogP contribution in [0.2, 0.25) is 0 Å². The maximum Gasteiger partial charge on any atom is 0.337 e. The first-order chi connectivity index (χ1) is 32.7. The van der Waals surface area contributed by atoms with E-state index in [1.54, 1.807) is 94.2 Å². The highest BCUT2D eigenvalue weighted by atomic mass is 16.6. The molecule has 9 rings (SSSR count). The number of benzene rings is 5. The Bertz CT molecular complexity index is 3430. The predicted octanol–water partition coefficient (Wildman–Crippen LogP) is 9.36. The van der Waals surface area contributed by atoms with Gasteiger partial charge in [-0.2, -0.15) is 5.26 Å². The Morgan fingerprint density at radius 1 is 0.706 bits per heavy atom. The number of esters is 1. The third-order valence-electron chi connectivity index (χ3n) is 10.5. The van der Waals surface area contributed by atoms with E-state index in [4.69, 9.17) is 25.2 Å². The number of aromatic nitrogens is 6. The molecule has 4 aromatic heterocycles. The molecule has 18 heteroatoms. The van der Waals surface area contributed by atoms with Gasteiger partial charge in [-0.3, -0.25) is 14.9 Å². The highest BCUT2D eigenvalue weighted by Gasteiger charge is 2.18. The Labute approximate surface area is 387 Å². The van der Waals surface area contributed by atoms with E-state index in [0.29, 0.717) is 62.3 Å². The van der Waals surface area contributed by atoms with E-state index in [0.717, 1.165) is 33.3 Å². The van der Waals surface area contributed by atoms with Crippen LogP contribution in [0.1, 0.15) is 38.8 Å². The quantitative estimate of drug-likeness (QED) is 0.0296. The van der Waals surface area contributed by atoms with E-state index in [1.165, 1.54) is 26.2 Å². The molecule has 68 heavy (non-hydrogen) atoms. The number of aromatic amines is 2. The van der Waals surface area contributed by atoms with Crippen LogP contribution in [0.4, 0.5) is 11.4 Å². The van der Waals surface area contributed by atoms with Gasteiger partial charge < -0.3 is 40.1 Å². The molecule has 6 N–H and O–H groups in total. The number of aryl methyl sites for hydroxylation is 1. The summed E-state index contributed by atoms with van der Waals surface area (Å²) in [7, 11) is 4.46. The zero-order valence-corrected chi connectivity index (χ0v) is 37.1. The van der Waals surface area contributed by atoms with Crippen LogP contribution in [0.5, 0.6) is 23.3 Å². The number of fused-ring (bicyclic) bond motifs is 2. The molecule has 0 unspecified atom stereocenters. The van der Waals surface area contributed by atoms with Gasteiger partial charge in [0.2, 0.25) is 11.8 Å². The minimum atomic E-state index is -0.594. The number of hydrogen-bond donors (Lipinski definition) is 5. The number of nitrogen functional groups attached to an aromatic ring is 1. The van der Waals surface area contributed by atoms with Gasteiger partial charge in [-0.25, -0.2) is 24.7 Å². The molecule has 18 nitrogen and oxygen atoms in total. The minimum Gasteiger partial charge on any atom is -0.507 e. The van der Waals surface area contributed by atoms with Crippen molar-refractivity contribution in [3.05, 3.63) is 154 Å². The first kappa shape index (κ1) is 46.4. The van der Waals surface area contributed by atoms with E-state index in [2.05, 4.69) is 29.9 Å². The van der Waals surface area contributed by atoms with Crippen LogP contribution in [-0.4, -0.2) is 78.1 Å². The number of ketones is 1. The van der Waals surface area contributed by atoms with E-state index in [9.17, 15) is 29.9 Å². The number of nitro benzene ring substituents is 1. The number of rotatable bonds is 9. The number of Topliss-reactive ketones (excluding diaryl/α,β-unsaturated/α-hetero) is 1. The highest BCUT2D eigenvalue weighted by Crippen LogP contribution is 2.37. The maximum absolute atomic E-state index is 11.7. The molecule has 0 aliphatic heterocycles. The van der Waals surface area contributed by atoms with Gasteiger partial charge in [-0.15, -0.1) is 0 Å². The van der Waals surface area contributed by atoms with Crippen LogP contribution in [0.25, 0.3) is 67.1 Å². The average molecular weight is 912 g/mol. The van der Waals surface area contributed by atoms with Crippen molar-refractivity contribution in [2.75, 3.05) is 27.1 Å². The summed E-state index contributed by atoms with van der Waals surface area (Å²) in [6.45, 7) is 3.15. The van der Waals surface area contributed by atoms with Crippen molar-refractivity contribution in [1.82, 2.24) is 29.9 Å². The van der Waals surface area contributed by atoms with Crippen LogP contribution in [-0.2, 0) is 4.74 Å². The van der Waals surface area contributed by atoms with Gasteiger partial charge >= 0.3 is 5.97 Å². The second kappa shape index (κ2) is 20.0. The molecule has 0 radical (unpaired) electrons. The number of phenolic OH excluding ortho intramolecular Hbond substituents is 2. The minimum absolute atomic E-state index is 0.0124. The Kier molecular flexibility index (Phi) is 13.7. The van der Waals surface area contributed by atoms with E-state index >= 15 is 0 Å². The number of hydrogen-bond acceptors (Lipinski definition) is 15. The number of imidazole rings is 2. The lowest BCUT2D eigenvalue weighted by Crippen LogP contribution is -2.00. The Morgan fingerprint density at radius 2 is 1.21 bits per heavy atom. The molecule has 0 spiro atoms. The number of methoxy groups -OCH3 is 3. The van der Waals surface area contributed by atoms with Gasteiger partial charge in [-0.1, -0.05) is 12.1 Å². The molecular weight excluding hydrogens is 871 g/mol. The number of ether oxygens (including phenoxy) is 3. The fourth-order valence-corrected chi connectivity index (χ4v) is 7.07. The molecule has 0 saturated carbocycles. The summed E-state index contributed by atoms with van der Waals surface area (Å²) in [5.41, 5.74) is 14.4. The normalized spacial score (nSPS) is 10.5. The molecule has 0 amide bonds. The number of phenols is 2. The van der Waals surface area contributed by atoms with Crippen molar-refractivity contribution in [3.63, 3.8) is 0 Å². The summed E-state index contributed by atoms with van der Waals surface area (Å²) >= 11 is 0. The second-order valence-electron chi connectivity index (χ2n) is 14.9. The lowest BCUT2D eigenvalue weighted by Gasteiger charge is -2.09. The lowest BCUT2D eigenvalue weighted by molar-refractivity contribution is -0.383. The Balaban J connectivity index is 0.000000161. The second-order valence-corrected chi connectivity index (χ2v) is 14.9. The molecule has 340 valence electrons. The number of pyridine rings is 2. The third-order valence-corrected chi connectivity index (χ3v) is 10.5. The standard InChI is InChI=1S/C21H17N3O4.C21H17N3O3.C8H7N3O2/c1-27-20-14(4-3-9-22-20)12-6-8-18(25)15(10-12)19-23-16-7-5-13(21(26)28-2)11-17(16)24-19;1-12(25)13-5-7-17-18(11-13)24-20(23-17)16-10-14(6-8-19(16)26)15-4-3-9-22-21(15)27-2;1-5-2-6(4-9)3-7(8(5)10)11(12)13/h3-11,25H,1-2H3,(H,23,24);3-11,26H,1-2H3,(H,23,24);2-3H,10H2,1H3. The van der Waals surface area contributed by atoms with E-state index < -0.39 is 10.9 Å². The maximum atomic E-state index is 11.7. The molecule has 0 aliphatic carbocycles. The molecule has 0 bridgehead atoms. The van der Waals surface area contributed by atoms with Gasteiger partial charge in [0, 0.05) is 35.2 Å².